The lowest BCUT2D eigenvalue weighted by atomic mass is 10.1. The quantitative estimate of drug-likeness (QED) is 0.906. The number of thiophene rings is 1. The van der Waals surface area contributed by atoms with Crippen LogP contribution in [0.5, 0.6) is 0 Å². The van der Waals surface area contributed by atoms with Crippen molar-refractivity contribution in [1.82, 2.24) is 9.80 Å². The zero-order valence-electron chi connectivity index (χ0n) is 13.3. The van der Waals surface area contributed by atoms with Crippen molar-refractivity contribution in [3.63, 3.8) is 0 Å². The number of aryl methyl sites for hydroxylation is 1. The van der Waals surface area contributed by atoms with Gasteiger partial charge in [0, 0.05) is 48.0 Å². The van der Waals surface area contributed by atoms with Crippen molar-refractivity contribution in [3.05, 3.63) is 21.9 Å². The Kier molecular flexibility index (Phi) is 5.61. The molecule has 114 valence electrons. The average Bonchev–Trinajstić information content (AvgIpc) is 2.85. The van der Waals surface area contributed by atoms with Gasteiger partial charge in [-0.2, -0.15) is 0 Å². The molecule has 1 aliphatic rings. The summed E-state index contributed by atoms with van der Waals surface area (Å²) in [5.74, 6) is 0. The van der Waals surface area contributed by atoms with Crippen LogP contribution in [0.1, 0.15) is 43.0 Å². The number of hydrogen-bond donors (Lipinski definition) is 1. The van der Waals surface area contributed by atoms with Gasteiger partial charge in [0.15, 0.2) is 0 Å². The molecule has 1 fully saturated rings. The first kappa shape index (κ1) is 16.0. The Balaban J connectivity index is 2.02. The van der Waals surface area contributed by atoms with Crippen LogP contribution in [0.3, 0.4) is 0 Å². The van der Waals surface area contributed by atoms with E-state index < -0.39 is 0 Å². The van der Waals surface area contributed by atoms with E-state index in [1.54, 1.807) is 0 Å². The van der Waals surface area contributed by atoms with E-state index in [4.69, 9.17) is 5.73 Å². The van der Waals surface area contributed by atoms with Crippen molar-refractivity contribution in [2.45, 2.75) is 52.2 Å². The monoisotopic (exact) mass is 295 g/mol. The van der Waals surface area contributed by atoms with Gasteiger partial charge < -0.3 is 5.73 Å². The van der Waals surface area contributed by atoms with Gasteiger partial charge in [-0.05, 0) is 39.3 Å². The second-order valence-electron chi connectivity index (χ2n) is 6.08. The molecule has 1 aliphatic heterocycles. The molecule has 1 aromatic heterocycles. The summed E-state index contributed by atoms with van der Waals surface area (Å²) in [6.07, 6.45) is 1.24. The summed E-state index contributed by atoms with van der Waals surface area (Å²) in [6.45, 7) is 13.5. The first-order valence-electron chi connectivity index (χ1n) is 7.83. The Morgan fingerprint density at radius 2 is 1.75 bits per heavy atom. The maximum atomic E-state index is 6.28. The highest BCUT2D eigenvalue weighted by molar-refractivity contribution is 7.12. The lowest BCUT2D eigenvalue weighted by Crippen LogP contribution is -2.52. The second kappa shape index (κ2) is 7.03. The third-order valence-electron chi connectivity index (χ3n) is 4.51. The van der Waals surface area contributed by atoms with Crippen molar-refractivity contribution in [2.75, 3.05) is 26.2 Å². The van der Waals surface area contributed by atoms with Crippen LogP contribution >= 0.6 is 11.3 Å². The Hall–Kier alpha value is -0.420. The lowest BCUT2D eigenvalue weighted by Gasteiger charge is -2.42. The standard InChI is InChI=1S/C16H29N3S/c1-5-12(2)18-8-10-19(11-9-18)16(14(4)17)15-7-6-13(3)20-15/h6-7,12,14,16H,5,8-11,17H2,1-4H3. The van der Waals surface area contributed by atoms with Crippen LogP contribution in [0.2, 0.25) is 0 Å². The van der Waals surface area contributed by atoms with Crippen molar-refractivity contribution in [1.29, 1.82) is 0 Å². The van der Waals surface area contributed by atoms with E-state index in [-0.39, 0.29) is 6.04 Å². The fourth-order valence-corrected chi connectivity index (χ4v) is 4.23. The zero-order valence-corrected chi connectivity index (χ0v) is 14.1. The first-order valence-corrected chi connectivity index (χ1v) is 8.64. The van der Waals surface area contributed by atoms with E-state index in [9.17, 15) is 0 Å². The number of nitrogens with two attached hydrogens (primary N) is 1. The summed E-state index contributed by atoms with van der Waals surface area (Å²) in [6, 6.07) is 5.74. The number of piperazine rings is 1. The van der Waals surface area contributed by atoms with E-state index in [0.717, 1.165) is 13.1 Å². The van der Waals surface area contributed by atoms with Gasteiger partial charge >= 0.3 is 0 Å². The van der Waals surface area contributed by atoms with Gasteiger partial charge in [0.25, 0.3) is 0 Å². The smallest absolute Gasteiger partial charge is 0.0591 e. The fraction of sp³-hybridized carbons (Fsp3) is 0.750. The van der Waals surface area contributed by atoms with Gasteiger partial charge in [0.2, 0.25) is 0 Å². The summed E-state index contributed by atoms with van der Waals surface area (Å²) in [5.41, 5.74) is 6.28. The molecule has 3 nitrogen and oxygen atoms in total. The van der Waals surface area contributed by atoms with Crippen LogP contribution in [-0.4, -0.2) is 48.1 Å². The fourth-order valence-electron chi connectivity index (χ4n) is 3.10. The summed E-state index contributed by atoms with van der Waals surface area (Å²) in [4.78, 5) is 7.99. The van der Waals surface area contributed by atoms with Crippen LogP contribution in [0, 0.1) is 6.92 Å². The van der Waals surface area contributed by atoms with Crippen molar-refractivity contribution in [3.8, 4) is 0 Å². The van der Waals surface area contributed by atoms with Crippen LogP contribution < -0.4 is 5.73 Å². The normalized spacial score (nSPS) is 22.6. The SMILES string of the molecule is CCC(C)N1CCN(C(c2ccc(C)s2)C(C)N)CC1. The Bertz CT molecular complexity index is 408. The molecule has 20 heavy (non-hydrogen) atoms. The zero-order chi connectivity index (χ0) is 14.7. The van der Waals surface area contributed by atoms with Crippen LogP contribution in [0.4, 0.5) is 0 Å². The Morgan fingerprint density at radius 3 is 2.20 bits per heavy atom. The van der Waals surface area contributed by atoms with Gasteiger partial charge in [-0.15, -0.1) is 11.3 Å². The van der Waals surface area contributed by atoms with Crippen molar-refractivity contribution >= 4 is 11.3 Å². The molecule has 3 unspecified atom stereocenters. The number of nitrogens with zero attached hydrogens (tertiary/aromatic N) is 2. The highest BCUT2D eigenvalue weighted by Gasteiger charge is 2.29. The summed E-state index contributed by atoms with van der Waals surface area (Å²) < 4.78 is 0. The van der Waals surface area contributed by atoms with E-state index in [1.807, 2.05) is 11.3 Å². The van der Waals surface area contributed by atoms with E-state index in [0.29, 0.717) is 12.1 Å². The van der Waals surface area contributed by atoms with Gasteiger partial charge in [-0.25, -0.2) is 0 Å². The predicted octanol–water partition coefficient (Wildman–Crippen LogP) is 2.86. The maximum Gasteiger partial charge on any atom is 0.0591 e. The first-order chi connectivity index (χ1) is 9.52. The van der Waals surface area contributed by atoms with Crippen molar-refractivity contribution < 1.29 is 0 Å². The maximum absolute atomic E-state index is 6.28. The van der Waals surface area contributed by atoms with Crippen LogP contribution in [0.15, 0.2) is 12.1 Å². The van der Waals surface area contributed by atoms with Crippen LogP contribution in [-0.2, 0) is 0 Å². The molecule has 0 amide bonds. The van der Waals surface area contributed by atoms with Gasteiger partial charge in [0.1, 0.15) is 0 Å². The molecule has 3 atom stereocenters. The Morgan fingerprint density at radius 1 is 1.15 bits per heavy atom. The van der Waals surface area contributed by atoms with E-state index >= 15 is 0 Å². The molecule has 0 bridgehead atoms. The molecule has 0 saturated carbocycles. The molecule has 2 rings (SSSR count). The molecule has 2 heterocycles. The third-order valence-corrected chi connectivity index (χ3v) is 5.58. The molecule has 0 aromatic carbocycles. The van der Waals surface area contributed by atoms with Crippen molar-refractivity contribution in [2.24, 2.45) is 5.73 Å². The summed E-state index contributed by atoms with van der Waals surface area (Å²) >= 11 is 1.89. The minimum Gasteiger partial charge on any atom is -0.326 e. The van der Waals surface area contributed by atoms with Crippen LogP contribution in [0.25, 0.3) is 0 Å². The molecule has 1 aromatic rings. The highest BCUT2D eigenvalue weighted by atomic mass is 32.1. The molecule has 0 aliphatic carbocycles. The largest absolute Gasteiger partial charge is 0.326 e. The van der Waals surface area contributed by atoms with E-state index in [2.05, 4.69) is 49.6 Å². The predicted molar refractivity (Wildman–Crippen MR) is 88.3 cm³/mol. The Labute approximate surface area is 127 Å². The molecule has 4 heteroatoms. The minimum absolute atomic E-state index is 0.184. The average molecular weight is 295 g/mol. The topological polar surface area (TPSA) is 32.5 Å². The molecule has 2 N–H and O–H groups in total. The number of hydrogen-bond acceptors (Lipinski definition) is 4. The van der Waals surface area contributed by atoms with E-state index in [1.165, 1.54) is 29.3 Å². The minimum atomic E-state index is 0.184. The molecule has 0 spiro atoms. The number of rotatable bonds is 5. The molecular weight excluding hydrogens is 266 g/mol. The highest BCUT2D eigenvalue weighted by Crippen LogP contribution is 2.30. The summed E-state index contributed by atoms with van der Waals surface area (Å²) in [5, 5.41) is 0. The van der Waals surface area contributed by atoms with Gasteiger partial charge in [-0.3, -0.25) is 9.80 Å². The molecule has 0 radical (unpaired) electrons. The second-order valence-corrected chi connectivity index (χ2v) is 7.40. The third kappa shape index (κ3) is 3.61. The van der Waals surface area contributed by atoms with Gasteiger partial charge in [-0.1, -0.05) is 6.92 Å². The molecule has 1 saturated heterocycles. The van der Waals surface area contributed by atoms with Gasteiger partial charge in [0.05, 0.1) is 6.04 Å². The lowest BCUT2D eigenvalue weighted by molar-refractivity contribution is 0.0664. The summed E-state index contributed by atoms with van der Waals surface area (Å²) in [7, 11) is 0. The molecular formula is C16H29N3S.